The number of likely N-dealkylation sites (tertiary alicyclic amines) is 1. The predicted octanol–water partition coefficient (Wildman–Crippen LogP) is 0.0908. The van der Waals surface area contributed by atoms with Gasteiger partial charge in [0.2, 0.25) is 5.91 Å². The maximum atomic E-state index is 12.0. The van der Waals surface area contributed by atoms with Crippen LogP contribution in [0.25, 0.3) is 0 Å². The summed E-state index contributed by atoms with van der Waals surface area (Å²) in [6.07, 6.45) is 2.10. The molecule has 0 spiro atoms. The molecular formula is C11H20N2O2. The average molecular weight is 212 g/mol. The van der Waals surface area contributed by atoms with Crippen LogP contribution in [0, 0.1) is 11.8 Å². The van der Waals surface area contributed by atoms with Gasteiger partial charge in [-0.2, -0.15) is 0 Å². The molecule has 0 aromatic rings. The summed E-state index contributed by atoms with van der Waals surface area (Å²) in [7, 11) is 1.73. The smallest absolute Gasteiger partial charge is 0.227 e. The molecule has 0 aromatic carbocycles. The largest absolute Gasteiger partial charge is 0.384 e. The Morgan fingerprint density at radius 3 is 3.07 bits per heavy atom. The Morgan fingerprint density at radius 2 is 2.40 bits per heavy atom. The zero-order chi connectivity index (χ0) is 10.7. The fourth-order valence-electron chi connectivity index (χ4n) is 2.53. The number of ether oxygens (including phenoxy) is 1. The summed E-state index contributed by atoms with van der Waals surface area (Å²) in [5, 5.41) is 3.24. The molecule has 0 aromatic heterocycles. The highest BCUT2D eigenvalue weighted by Crippen LogP contribution is 2.20. The molecule has 4 heteroatoms. The monoisotopic (exact) mass is 212 g/mol. The third-order valence-corrected chi connectivity index (χ3v) is 3.41. The Labute approximate surface area is 91.0 Å². The zero-order valence-electron chi connectivity index (χ0n) is 9.37. The minimum Gasteiger partial charge on any atom is -0.384 e. The fraction of sp³-hybridized carbons (Fsp3) is 0.909. The highest BCUT2D eigenvalue weighted by Gasteiger charge is 2.31. The Morgan fingerprint density at radius 1 is 1.53 bits per heavy atom. The Bertz CT molecular complexity index is 227. The predicted molar refractivity (Wildman–Crippen MR) is 57.5 cm³/mol. The van der Waals surface area contributed by atoms with Crippen LogP contribution in [0.5, 0.6) is 0 Å². The second-order valence-electron chi connectivity index (χ2n) is 4.58. The molecule has 4 nitrogen and oxygen atoms in total. The van der Waals surface area contributed by atoms with E-state index in [4.69, 9.17) is 4.74 Å². The Kier molecular flexibility index (Phi) is 3.59. The molecule has 2 aliphatic heterocycles. The van der Waals surface area contributed by atoms with Crippen molar-refractivity contribution in [1.29, 1.82) is 0 Å². The van der Waals surface area contributed by atoms with Crippen LogP contribution in [0.3, 0.4) is 0 Å². The van der Waals surface area contributed by atoms with E-state index in [1.54, 1.807) is 7.11 Å². The zero-order valence-corrected chi connectivity index (χ0v) is 9.37. The molecule has 2 rings (SSSR count). The van der Waals surface area contributed by atoms with Gasteiger partial charge >= 0.3 is 0 Å². The molecule has 0 radical (unpaired) electrons. The molecule has 2 heterocycles. The van der Waals surface area contributed by atoms with Crippen LogP contribution < -0.4 is 5.32 Å². The molecule has 1 N–H and O–H groups in total. The summed E-state index contributed by atoms with van der Waals surface area (Å²) >= 11 is 0. The van der Waals surface area contributed by atoms with Crippen molar-refractivity contribution in [2.75, 3.05) is 39.9 Å². The van der Waals surface area contributed by atoms with Gasteiger partial charge in [-0.3, -0.25) is 4.79 Å². The quantitative estimate of drug-likeness (QED) is 0.721. The van der Waals surface area contributed by atoms with Crippen molar-refractivity contribution in [2.24, 2.45) is 11.8 Å². The molecule has 0 aliphatic carbocycles. The van der Waals surface area contributed by atoms with Crippen molar-refractivity contribution in [3.63, 3.8) is 0 Å². The van der Waals surface area contributed by atoms with E-state index >= 15 is 0 Å². The minimum atomic E-state index is 0.228. The molecule has 15 heavy (non-hydrogen) atoms. The summed E-state index contributed by atoms with van der Waals surface area (Å²) < 4.78 is 5.13. The highest BCUT2D eigenvalue weighted by molar-refractivity contribution is 5.79. The van der Waals surface area contributed by atoms with Crippen molar-refractivity contribution < 1.29 is 9.53 Å². The normalized spacial score (nSPS) is 31.1. The van der Waals surface area contributed by atoms with Crippen LogP contribution in [0.15, 0.2) is 0 Å². The highest BCUT2D eigenvalue weighted by atomic mass is 16.5. The van der Waals surface area contributed by atoms with Crippen molar-refractivity contribution >= 4 is 5.91 Å². The molecule has 2 atom stereocenters. The number of methoxy groups -OCH3 is 1. The van der Waals surface area contributed by atoms with Gasteiger partial charge in [-0.05, 0) is 19.4 Å². The molecule has 86 valence electrons. The second kappa shape index (κ2) is 4.94. The third kappa shape index (κ3) is 2.49. The van der Waals surface area contributed by atoms with Crippen molar-refractivity contribution in [3.05, 3.63) is 0 Å². The molecular weight excluding hydrogens is 192 g/mol. The average Bonchev–Trinajstić information content (AvgIpc) is 2.87. The summed E-state index contributed by atoms with van der Waals surface area (Å²) in [6.45, 7) is 4.45. The minimum absolute atomic E-state index is 0.228. The molecule has 0 unspecified atom stereocenters. The van der Waals surface area contributed by atoms with E-state index in [2.05, 4.69) is 5.32 Å². The van der Waals surface area contributed by atoms with E-state index in [0.29, 0.717) is 11.8 Å². The summed E-state index contributed by atoms with van der Waals surface area (Å²) in [5.41, 5.74) is 0. The number of carbonyl (C=O) groups excluding carboxylic acids is 1. The van der Waals surface area contributed by atoms with Gasteiger partial charge in [-0.15, -0.1) is 0 Å². The lowest BCUT2D eigenvalue weighted by Gasteiger charge is -2.20. The third-order valence-electron chi connectivity index (χ3n) is 3.41. The maximum Gasteiger partial charge on any atom is 0.227 e. The van der Waals surface area contributed by atoms with Crippen molar-refractivity contribution in [3.8, 4) is 0 Å². The van der Waals surface area contributed by atoms with Crippen LogP contribution in [-0.2, 0) is 9.53 Å². The number of hydrogen-bond acceptors (Lipinski definition) is 3. The number of carbonyl (C=O) groups is 1. The van der Waals surface area contributed by atoms with E-state index in [1.807, 2.05) is 4.90 Å². The maximum absolute atomic E-state index is 12.0. The molecule has 2 saturated heterocycles. The number of amides is 1. The van der Waals surface area contributed by atoms with Gasteiger partial charge in [0.25, 0.3) is 0 Å². The van der Waals surface area contributed by atoms with Gasteiger partial charge in [-0.25, -0.2) is 0 Å². The molecule has 0 bridgehead atoms. The van der Waals surface area contributed by atoms with Crippen LogP contribution in [0.1, 0.15) is 12.8 Å². The van der Waals surface area contributed by atoms with Crippen LogP contribution >= 0.6 is 0 Å². The van der Waals surface area contributed by atoms with Crippen LogP contribution in [-0.4, -0.2) is 50.7 Å². The fourth-order valence-corrected chi connectivity index (χ4v) is 2.53. The van der Waals surface area contributed by atoms with E-state index in [0.717, 1.165) is 45.6 Å². The van der Waals surface area contributed by atoms with E-state index in [9.17, 15) is 4.79 Å². The number of nitrogens with zero attached hydrogens (tertiary/aromatic N) is 1. The molecule has 2 fully saturated rings. The lowest BCUT2D eigenvalue weighted by atomic mass is 10.1. The summed E-state index contributed by atoms with van der Waals surface area (Å²) in [4.78, 5) is 14.1. The first-order valence-corrected chi connectivity index (χ1v) is 5.79. The standard InChI is InChI=1S/C11H20N2O2/c1-15-8-9-3-5-13(7-9)11(14)10-2-4-12-6-10/h9-10,12H,2-8H2,1H3/t9-,10+/m0/s1. The molecule has 2 aliphatic rings. The lowest BCUT2D eigenvalue weighted by molar-refractivity contribution is -0.134. The van der Waals surface area contributed by atoms with E-state index in [-0.39, 0.29) is 5.92 Å². The van der Waals surface area contributed by atoms with Crippen molar-refractivity contribution in [1.82, 2.24) is 10.2 Å². The van der Waals surface area contributed by atoms with Gasteiger partial charge in [0.15, 0.2) is 0 Å². The molecule has 1 amide bonds. The first-order chi connectivity index (χ1) is 7.31. The summed E-state index contributed by atoms with van der Waals surface area (Å²) in [6, 6.07) is 0. The lowest BCUT2D eigenvalue weighted by Crippen LogP contribution is -2.35. The van der Waals surface area contributed by atoms with E-state index in [1.165, 1.54) is 0 Å². The topological polar surface area (TPSA) is 41.6 Å². The van der Waals surface area contributed by atoms with Gasteiger partial charge in [0.05, 0.1) is 12.5 Å². The van der Waals surface area contributed by atoms with Gasteiger partial charge in [0, 0.05) is 32.7 Å². The first kappa shape index (κ1) is 10.9. The van der Waals surface area contributed by atoms with E-state index < -0.39 is 0 Å². The number of nitrogens with one attached hydrogen (secondary N) is 1. The van der Waals surface area contributed by atoms with Gasteiger partial charge in [-0.1, -0.05) is 0 Å². The first-order valence-electron chi connectivity index (χ1n) is 5.79. The van der Waals surface area contributed by atoms with Gasteiger partial charge < -0.3 is 15.0 Å². The van der Waals surface area contributed by atoms with Crippen LogP contribution in [0.2, 0.25) is 0 Å². The Balaban J connectivity index is 1.81. The number of hydrogen-bond donors (Lipinski definition) is 1. The number of rotatable bonds is 3. The van der Waals surface area contributed by atoms with Gasteiger partial charge in [0.1, 0.15) is 0 Å². The van der Waals surface area contributed by atoms with Crippen molar-refractivity contribution in [2.45, 2.75) is 12.8 Å². The van der Waals surface area contributed by atoms with Crippen LogP contribution in [0.4, 0.5) is 0 Å². The SMILES string of the molecule is COC[C@H]1CCN(C(=O)[C@@H]2CCNC2)C1. The summed E-state index contributed by atoms with van der Waals surface area (Å²) in [5.74, 6) is 1.12. The molecule has 0 saturated carbocycles. The Hall–Kier alpha value is -0.610. The second-order valence-corrected chi connectivity index (χ2v) is 4.58.